The van der Waals surface area contributed by atoms with E-state index < -0.39 is 5.97 Å². The van der Waals surface area contributed by atoms with Crippen LogP contribution in [0.5, 0.6) is 11.5 Å². The van der Waals surface area contributed by atoms with E-state index in [9.17, 15) is 15.0 Å². The quantitative estimate of drug-likeness (QED) is 0.421. The van der Waals surface area contributed by atoms with Gasteiger partial charge in [0.15, 0.2) is 16.7 Å². The number of aromatic nitrogens is 2. The standard InChI is InChI=1S/C17H13BrN2O4S/c1-24-13-8-10(18)6-9(15(13)21)7-14(16(22)23)25-17-19-11-4-2-3-5-12(11)20-17/h2-8,21H,1H3,(H,19,20)(H,22,23)/b14-7-. The summed E-state index contributed by atoms with van der Waals surface area (Å²) in [6.07, 6.45) is 1.38. The molecule has 0 radical (unpaired) electrons. The van der Waals surface area contributed by atoms with Gasteiger partial charge in [-0.3, -0.25) is 0 Å². The van der Waals surface area contributed by atoms with Crippen molar-refractivity contribution in [2.45, 2.75) is 5.16 Å². The van der Waals surface area contributed by atoms with Crippen molar-refractivity contribution >= 4 is 50.8 Å². The first-order chi connectivity index (χ1) is 12.0. The number of hydrogen-bond acceptors (Lipinski definition) is 5. The number of H-pyrrole nitrogens is 1. The molecule has 0 fully saturated rings. The van der Waals surface area contributed by atoms with Gasteiger partial charge in [0, 0.05) is 10.0 Å². The number of para-hydroxylation sites is 2. The van der Waals surface area contributed by atoms with Crippen molar-refractivity contribution < 1.29 is 19.7 Å². The summed E-state index contributed by atoms with van der Waals surface area (Å²) in [4.78, 5) is 19.1. The first-order valence-electron chi connectivity index (χ1n) is 7.12. The number of imidazole rings is 1. The summed E-state index contributed by atoms with van der Waals surface area (Å²) in [7, 11) is 1.43. The molecule has 0 unspecified atom stereocenters. The molecule has 8 heteroatoms. The monoisotopic (exact) mass is 420 g/mol. The van der Waals surface area contributed by atoms with Crippen molar-refractivity contribution in [1.29, 1.82) is 0 Å². The number of aromatic amines is 1. The van der Waals surface area contributed by atoms with Crippen LogP contribution in [0.4, 0.5) is 0 Å². The van der Waals surface area contributed by atoms with Gasteiger partial charge in [0.25, 0.3) is 0 Å². The predicted octanol–water partition coefficient (Wildman–Crippen LogP) is 4.26. The van der Waals surface area contributed by atoms with E-state index in [0.29, 0.717) is 15.2 Å². The zero-order valence-electron chi connectivity index (χ0n) is 13.0. The van der Waals surface area contributed by atoms with Crippen LogP contribution in [0.3, 0.4) is 0 Å². The molecule has 0 aliphatic carbocycles. The third-order valence-corrected chi connectivity index (χ3v) is 4.72. The molecule has 0 aliphatic heterocycles. The Balaban J connectivity index is 2.00. The summed E-state index contributed by atoms with van der Waals surface area (Å²) in [6, 6.07) is 10.6. The molecule has 0 amide bonds. The van der Waals surface area contributed by atoms with Gasteiger partial charge in [-0.15, -0.1) is 0 Å². The maximum Gasteiger partial charge on any atom is 0.342 e. The molecule has 1 aromatic heterocycles. The molecule has 3 aromatic rings. The molecule has 0 aliphatic rings. The van der Waals surface area contributed by atoms with Crippen LogP contribution in [0.2, 0.25) is 0 Å². The number of phenolic OH excluding ortho intramolecular Hbond substituents is 1. The fraction of sp³-hybridized carbons (Fsp3) is 0.0588. The summed E-state index contributed by atoms with van der Waals surface area (Å²) in [5.74, 6) is -1.00. The number of aliphatic carboxylic acids is 1. The maximum atomic E-state index is 11.6. The molecule has 3 rings (SSSR count). The molecule has 2 aromatic carbocycles. The van der Waals surface area contributed by atoms with Crippen LogP contribution in [0.15, 0.2) is 50.9 Å². The third-order valence-electron chi connectivity index (χ3n) is 3.36. The number of methoxy groups -OCH3 is 1. The van der Waals surface area contributed by atoms with Gasteiger partial charge < -0.3 is 19.9 Å². The zero-order chi connectivity index (χ0) is 18.0. The van der Waals surface area contributed by atoms with Crippen LogP contribution in [-0.4, -0.2) is 33.3 Å². The first-order valence-corrected chi connectivity index (χ1v) is 8.73. The Kier molecular flexibility index (Phi) is 5.00. The average molecular weight is 421 g/mol. The fourth-order valence-corrected chi connectivity index (χ4v) is 3.46. The molecule has 0 atom stereocenters. The van der Waals surface area contributed by atoms with Gasteiger partial charge in [0.1, 0.15) is 4.91 Å². The van der Waals surface area contributed by atoms with Gasteiger partial charge in [-0.1, -0.05) is 28.1 Å². The highest BCUT2D eigenvalue weighted by Gasteiger charge is 2.16. The normalized spacial score (nSPS) is 11.7. The summed E-state index contributed by atoms with van der Waals surface area (Å²) in [5.41, 5.74) is 1.90. The van der Waals surface area contributed by atoms with E-state index in [4.69, 9.17) is 4.74 Å². The Bertz CT molecular complexity index is 951. The Hall–Kier alpha value is -2.45. The Morgan fingerprint density at radius 3 is 2.80 bits per heavy atom. The number of benzene rings is 2. The Morgan fingerprint density at radius 2 is 2.12 bits per heavy atom. The number of hydrogen-bond donors (Lipinski definition) is 3. The number of carboxylic acid groups (broad SMARTS) is 1. The Morgan fingerprint density at radius 1 is 1.36 bits per heavy atom. The van der Waals surface area contributed by atoms with Crippen molar-refractivity contribution in [2.24, 2.45) is 0 Å². The summed E-state index contributed by atoms with van der Waals surface area (Å²) in [6.45, 7) is 0. The number of nitrogens with zero attached hydrogens (tertiary/aromatic N) is 1. The van der Waals surface area contributed by atoms with Crippen molar-refractivity contribution in [3.05, 3.63) is 51.3 Å². The van der Waals surface area contributed by atoms with Gasteiger partial charge >= 0.3 is 5.97 Å². The molecule has 1 heterocycles. The van der Waals surface area contributed by atoms with Gasteiger partial charge in [-0.05, 0) is 42.1 Å². The number of carbonyl (C=O) groups is 1. The predicted molar refractivity (Wildman–Crippen MR) is 99.9 cm³/mol. The van der Waals surface area contributed by atoms with Gasteiger partial charge in [0.2, 0.25) is 0 Å². The second-order valence-corrected chi connectivity index (χ2v) is 6.97. The van der Waals surface area contributed by atoms with Crippen LogP contribution >= 0.6 is 27.7 Å². The topological polar surface area (TPSA) is 95.4 Å². The van der Waals surface area contributed by atoms with Gasteiger partial charge in [-0.25, -0.2) is 9.78 Å². The van der Waals surface area contributed by atoms with E-state index in [2.05, 4.69) is 25.9 Å². The lowest BCUT2D eigenvalue weighted by atomic mass is 10.1. The summed E-state index contributed by atoms with van der Waals surface area (Å²) >= 11 is 4.29. The number of fused-ring (bicyclic) bond motifs is 1. The molecule has 3 N–H and O–H groups in total. The van der Waals surface area contributed by atoms with E-state index in [1.807, 2.05) is 24.3 Å². The van der Waals surface area contributed by atoms with Crippen molar-refractivity contribution in [1.82, 2.24) is 9.97 Å². The van der Waals surface area contributed by atoms with E-state index >= 15 is 0 Å². The van der Waals surface area contributed by atoms with Crippen molar-refractivity contribution in [3.8, 4) is 11.5 Å². The summed E-state index contributed by atoms with van der Waals surface area (Å²) in [5, 5.41) is 20.2. The maximum absolute atomic E-state index is 11.6. The van der Waals surface area contributed by atoms with Crippen LogP contribution in [0, 0.1) is 0 Å². The highest BCUT2D eigenvalue weighted by molar-refractivity contribution is 9.10. The van der Waals surface area contributed by atoms with Gasteiger partial charge in [-0.2, -0.15) is 0 Å². The average Bonchev–Trinajstić information content (AvgIpc) is 2.99. The fourth-order valence-electron chi connectivity index (χ4n) is 2.22. The smallest absolute Gasteiger partial charge is 0.342 e. The lowest BCUT2D eigenvalue weighted by Crippen LogP contribution is -1.97. The molecule has 0 saturated carbocycles. The molecule has 0 bridgehead atoms. The first kappa shape index (κ1) is 17.4. The second kappa shape index (κ2) is 7.20. The minimum atomic E-state index is -1.12. The Labute approximate surface area is 155 Å². The van der Waals surface area contributed by atoms with Gasteiger partial charge in [0.05, 0.1) is 18.1 Å². The van der Waals surface area contributed by atoms with E-state index in [1.54, 1.807) is 12.1 Å². The van der Waals surface area contributed by atoms with Crippen LogP contribution in [-0.2, 0) is 4.79 Å². The molecule has 0 saturated heterocycles. The number of aromatic hydroxyl groups is 1. The van der Waals surface area contributed by atoms with Crippen LogP contribution < -0.4 is 4.74 Å². The highest BCUT2D eigenvalue weighted by Crippen LogP contribution is 2.37. The summed E-state index contributed by atoms with van der Waals surface area (Å²) < 4.78 is 5.74. The van der Waals surface area contributed by atoms with Crippen LogP contribution in [0.25, 0.3) is 17.1 Å². The molecule has 25 heavy (non-hydrogen) atoms. The van der Waals surface area contributed by atoms with Crippen molar-refractivity contribution in [2.75, 3.05) is 7.11 Å². The minimum Gasteiger partial charge on any atom is -0.504 e. The van der Waals surface area contributed by atoms with Crippen molar-refractivity contribution in [3.63, 3.8) is 0 Å². The largest absolute Gasteiger partial charge is 0.504 e. The number of carboxylic acids is 1. The van der Waals surface area contributed by atoms with E-state index in [-0.39, 0.29) is 16.4 Å². The van der Waals surface area contributed by atoms with Crippen LogP contribution in [0.1, 0.15) is 5.56 Å². The molecule has 6 nitrogen and oxygen atoms in total. The van der Waals surface area contributed by atoms with E-state index in [0.717, 1.165) is 22.8 Å². The number of thioether (sulfide) groups is 1. The molecule has 0 spiro atoms. The minimum absolute atomic E-state index is 0.00880. The SMILES string of the molecule is COc1cc(Br)cc(/C=C(\Sc2nc3ccccc3[nH]2)C(=O)O)c1O. The second-order valence-electron chi connectivity index (χ2n) is 5.02. The molecular weight excluding hydrogens is 408 g/mol. The number of phenols is 1. The number of nitrogens with one attached hydrogen (secondary N) is 1. The van der Waals surface area contributed by atoms with E-state index in [1.165, 1.54) is 13.2 Å². The number of rotatable bonds is 5. The number of halogens is 1. The zero-order valence-corrected chi connectivity index (χ0v) is 15.4. The number of ether oxygens (including phenoxy) is 1. The highest BCUT2D eigenvalue weighted by atomic mass is 79.9. The lowest BCUT2D eigenvalue weighted by Gasteiger charge is -2.08. The molecular formula is C17H13BrN2O4S. The molecule has 128 valence electrons. The third kappa shape index (κ3) is 3.80. The lowest BCUT2D eigenvalue weighted by molar-refractivity contribution is -0.131.